The fourth-order valence-electron chi connectivity index (χ4n) is 2.62. The zero-order valence-corrected chi connectivity index (χ0v) is 15.4. The molecule has 9 heteroatoms. The van der Waals surface area contributed by atoms with Crippen molar-refractivity contribution in [1.82, 2.24) is 35.4 Å². The number of nitrogens with zero attached hydrogens (tertiary/aromatic N) is 6. The number of rotatable bonds is 5. The normalized spacial score (nSPS) is 11.0. The predicted octanol–water partition coefficient (Wildman–Crippen LogP) is 2.96. The molecule has 0 bridgehead atoms. The molecule has 0 aliphatic rings. The predicted molar refractivity (Wildman–Crippen MR) is 103 cm³/mol. The summed E-state index contributed by atoms with van der Waals surface area (Å²) < 4.78 is 0. The lowest BCUT2D eigenvalue weighted by atomic mass is 10.1. The van der Waals surface area contributed by atoms with Crippen LogP contribution in [0.4, 0.5) is 5.69 Å². The molecule has 0 fully saturated rings. The van der Waals surface area contributed by atoms with Crippen molar-refractivity contribution >= 4 is 11.6 Å². The van der Waals surface area contributed by atoms with Crippen molar-refractivity contribution in [2.45, 2.75) is 19.9 Å². The number of anilines is 1. The third-order valence-corrected chi connectivity index (χ3v) is 4.10. The molecule has 0 aliphatic heterocycles. The standard InChI is InChI=1S/C19H18N8O/c1-12(2)27-25-18(24-26-27)13-6-8-14(9-7-13)19(28)22-16-5-3-4-15(10-16)17-20-11-21-23-17/h3-12H,1-2H3,(H,22,28)(H,20,21,23). The molecule has 2 aromatic carbocycles. The Hall–Kier alpha value is -3.88. The molecule has 1 amide bonds. The van der Waals surface area contributed by atoms with Crippen molar-refractivity contribution in [2.75, 3.05) is 5.32 Å². The van der Waals surface area contributed by atoms with Gasteiger partial charge in [-0.2, -0.15) is 9.90 Å². The number of aromatic amines is 1. The smallest absolute Gasteiger partial charge is 0.255 e. The summed E-state index contributed by atoms with van der Waals surface area (Å²) in [4.78, 5) is 18.2. The van der Waals surface area contributed by atoms with E-state index >= 15 is 0 Å². The number of aromatic nitrogens is 7. The number of amides is 1. The van der Waals surface area contributed by atoms with E-state index in [1.807, 2.05) is 50.2 Å². The number of hydrogen-bond donors (Lipinski definition) is 2. The number of hydrogen-bond acceptors (Lipinski definition) is 6. The van der Waals surface area contributed by atoms with Gasteiger partial charge in [0.2, 0.25) is 5.82 Å². The lowest BCUT2D eigenvalue weighted by Crippen LogP contribution is -2.11. The Morgan fingerprint density at radius 3 is 2.61 bits per heavy atom. The molecule has 0 saturated carbocycles. The second-order valence-electron chi connectivity index (χ2n) is 6.47. The molecule has 0 saturated heterocycles. The van der Waals surface area contributed by atoms with Crippen LogP contribution < -0.4 is 5.32 Å². The largest absolute Gasteiger partial charge is 0.322 e. The minimum atomic E-state index is -0.208. The first-order chi connectivity index (χ1) is 13.6. The van der Waals surface area contributed by atoms with Crippen LogP contribution in [0.25, 0.3) is 22.8 Å². The zero-order chi connectivity index (χ0) is 19.5. The Labute approximate surface area is 160 Å². The summed E-state index contributed by atoms with van der Waals surface area (Å²) in [5.41, 5.74) is 2.84. The fourth-order valence-corrected chi connectivity index (χ4v) is 2.62. The highest BCUT2D eigenvalue weighted by molar-refractivity contribution is 6.04. The van der Waals surface area contributed by atoms with Gasteiger partial charge in [-0.25, -0.2) is 4.98 Å². The van der Waals surface area contributed by atoms with Crippen molar-refractivity contribution in [1.29, 1.82) is 0 Å². The Balaban J connectivity index is 1.49. The van der Waals surface area contributed by atoms with E-state index in [9.17, 15) is 4.79 Å². The number of benzene rings is 2. The van der Waals surface area contributed by atoms with Crippen LogP contribution in [0.2, 0.25) is 0 Å². The van der Waals surface area contributed by atoms with Crippen LogP contribution >= 0.6 is 0 Å². The summed E-state index contributed by atoms with van der Waals surface area (Å²) in [6.45, 7) is 3.96. The minimum absolute atomic E-state index is 0.138. The molecule has 2 N–H and O–H groups in total. The lowest BCUT2D eigenvalue weighted by Gasteiger charge is -2.07. The molecule has 0 aliphatic carbocycles. The van der Waals surface area contributed by atoms with Crippen LogP contribution in [-0.2, 0) is 0 Å². The molecule has 0 unspecified atom stereocenters. The summed E-state index contributed by atoms with van der Waals surface area (Å²) in [5, 5.41) is 21.9. The van der Waals surface area contributed by atoms with Gasteiger partial charge in [0.1, 0.15) is 6.33 Å². The molecule has 28 heavy (non-hydrogen) atoms. The summed E-state index contributed by atoms with van der Waals surface area (Å²) in [5.74, 6) is 0.961. The average molecular weight is 374 g/mol. The molecule has 0 atom stereocenters. The van der Waals surface area contributed by atoms with Gasteiger partial charge in [-0.05, 0) is 43.3 Å². The van der Waals surface area contributed by atoms with Gasteiger partial charge in [-0.15, -0.1) is 10.2 Å². The molecule has 4 rings (SSSR count). The highest BCUT2D eigenvalue weighted by atomic mass is 16.1. The van der Waals surface area contributed by atoms with E-state index in [-0.39, 0.29) is 11.9 Å². The fraction of sp³-hybridized carbons (Fsp3) is 0.158. The molecular formula is C19H18N8O. The van der Waals surface area contributed by atoms with E-state index in [0.717, 1.165) is 11.1 Å². The third-order valence-electron chi connectivity index (χ3n) is 4.10. The quantitative estimate of drug-likeness (QED) is 0.555. The van der Waals surface area contributed by atoms with E-state index in [1.54, 1.807) is 16.9 Å². The minimum Gasteiger partial charge on any atom is -0.322 e. The molecule has 140 valence electrons. The number of tetrazole rings is 1. The van der Waals surface area contributed by atoms with E-state index in [2.05, 4.69) is 35.9 Å². The van der Waals surface area contributed by atoms with Crippen molar-refractivity contribution < 1.29 is 4.79 Å². The summed E-state index contributed by atoms with van der Waals surface area (Å²) in [7, 11) is 0. The van der Waals surface area contributed by atoms with Gasteiger partial charge in [0.05, 0.1) is 6.04 Å². The Kier molecular flexibility index (Phi) is 4.63. The monoisotopic (exact) mass is 374 g/mol. The second-order valence-corrected chi connectivity index (χ2v) is 6.47. The van der Waals surface area contributed by atoms with Crippen molar-refractivity contribution in [3.63, 3.8) is 0 Å². The maximum Gasteiger partial charge on any atom is 0.255 e. The molecule has 0 spiro atoms. The van der Waals surface area contributed by atoms with Gasteiger partial charge in [-0.3, -0.25) is 9.89 Å². The van der Waals surface area contributed by atoms with Gasteiger partial charge in [0.15, 0.2) is 5.82 Å². The zero-order valence-electron chi connectivity index (χ0n) is 15.4. The molecule has 0 radical (unpaired) electrons. The van der Waals surface area contributed by atoms with E-state index < -0.39 is 0 Å². The third kappa shape index (κ3) is 3.63. The Morgan fingerprint density at radius 2 is 1.93 bits per heavy atom. The highest BCUT2D eigenvalue weighted by Gasteiger charge is 2.11. The van der Waals surface area contributed by atoms with E-state index in [1.165, 1.54) is 6.33 Å². The maximum atomic E-state index is 12.6. The first kappa shape index (κ1) is 17.5. The summed E-state index contributed by atoms with van der Waals surface area (Å²) in [6, 6.07) is 14.6. The Morgan fingerprint density at radius 1 is 1.11 bits per heavy atom. The second kappa shape index (κ2) is 7.39. The van der Waals surface area contributed by atoms with Crippen LogP contribution in [-0.4, -0.2) is 41.3 Å². The average Bonchev–Trinajstić information content (AvgIpc) is 3.40. The van der Waals surface area contributed by atoms with Crippen LogP contribution in [0.3, 0.4) is 0 Å². The molecule has 9 nitrogen and oxygen atoms in total. The van der Waals surface area contributed by atoms with Crippen molar-refractivity contribution in [2.24, 2.45) is 0 Å². The lowest BCUT2D eigenvalue weighted by molar-refractivity contribution is 0.102. The van der Waals surface area contributed by atoms with Gasteiger partial charge < -0.3 is 5.32 Å². The van der Waals surface area contributed by atoms with Gasteiger partial charge >= 0.3 is 0 Å². The maximum absolute atomic E-state index is 12.6. The Bertz CT molecular complexity index is 1080. The topological polar surface area (TPSA) is 114 Å². The van der Waals surface area contributed by atoms with Crippen molar-refractivity contribution in [3.05, 3.63) is 60.4 Å². The molecule has 2 aromatic heterocycles. The van der Waals surface area contributed by atoms with Gasteiger partial charge in [0, 0.05) is 22.4 Å². The van der Waals surface area contributed by atoms with Crippen LogP contribution in [0.1, 0.15) is 30.2 Å². The van der Waals surface area contributed by atoms with Crippen LogP contribution in [0.5, 0.6) is 0 Å². The van der Waals surface area contributed by atoms with Crippen molar-refractivity contribution in [3.8, 4) is 22.8 Å². The van der Waals surface area contributed by atoms with E-state index in [4.69, 9.17) is 0 Å². The summed E-state index contributed by atoms with van der Waals surface area (Å²) >= 11 is 0. The first-order valence-electron chi connectivity index (χ1n) is 8.77. The highest BCUT2D eigenvalue weighted by Crippen LogP contribution is 2.20. The molecule has 4 aromatic rings. The van der Waals surface area contributed by atoms with E-state index in [0.29, 0.717) is 22.9 Å². The summed E-state index contributed by atoms with van der Waals surface area (Å²) in [6.07, 6.45) is 1.44. The number of carbonyl (C=O) groups is 1. The number of carbonyl (C=O) groups excluding carboxylic acids is 1. The van der Waals surface area contributed by atoms with Gasteiger partial charge in [0.25, 0.3) is 5.91 Å². The first-order valence-corrected chi connectivity index (χ1v) is 8.77. The van der Waals surface area contributed by atoms with Crippen LogP contribution in [0, 0.1) is 0 Å². The number of H-pyrrole nitrogens is 1. The van der Waals surface area contributed by atoms with Gasteiger partial charge in [-0.1, -0.05) is 24.3 Å². The van der Waals surface area contributed by atoms with Crippen LogP contribution in [0.15, 0.2) is 54.9 Å². The number of nitrogens with one attached hydrogen (secondary N) is 2. The molecule has 2 heterocycles. The SMILES string of the molecule is CC(C)n1nnc(-c2ccc(C(=O)Nc3cccc(-c4ncn[nH]4)c3)cc2)n1. The molecular weight excluding hydrogens is 356 g/mol.